The summed E-state index contributed by atoms with van der Waals surface area (Å²) in [4.78, 5) is 77.5. The van der Waals surface area contributed by atoms with Crippen molar-refractivity contribution in [3.8, 4) is 11.8 Å². The topological polar surface area (TPSA) is 414 Å². The molecule has 0 amide bonds. The van der Waals surface area contributed by atoms with Gasteiger partial charge in [-0.25, -0.2) is 23.6 Å². The lowest BCUT2D eigenvalue weighted by Crippen LogP contribution is -2.46. The van der Waals surface area contributed by atoms with Crippen LogP contribution in [0.5, 0.6) is 11.8 Å². The Kier molecular flexibility index (Phi) is 11.5. The van der Waals surface area contributed by atoms with Crippen LogP contribution in [0.25, 0.3) is 22.3 Å². The second-order valence-electron chi connectivity index (χ2n) is 12.0. The van der Waals surface area contributed by atoms with Crippen molar-refractivity contribution in [3.05, 3.63) is 12.7 Å². The molecule has 1 unspecified atom stereocenters. The Labute approximate surface area is 309 Å². The first-order valence-electron chi connectivity index (χ1n) is 15.4. The molecule has 2 saturated heterocycles. The minimum absolute atomic E-state index is 0.0145. The van der Waals surface area contributed by atoms with Crippen LogP contribution in [-0.2, 0) is 55.3 Å². The van der Waals surface area contributed by atoms with Crippen LogP contribution in [0.1, 0.15) is 12.5 Å². The number of hydrogen-bond acceptors (Lipinski definition) is 24. The van der Waals surface area contributed by atoms with Crippen LogP contribution in [0.4, 0.5) is 11.9 Å². The summed E-state index contributed by atoms with van der Waals surface area (Å²) in [6.07, 6.45) is -8.72. The van der Waals surface area contributed by atoms with Crippen LogP contribution in [0.3, 0.4) is 0 Å². The molecule has 2 fully saturated rings. The zero-order valence-electron chi connectivity index (χ0n) is 28.7. The number of aliphatic hydroxyl groups is 2. The fourth-order valence-electron chi connectivity index (χ4n) is 6.21. The van der Waals surface area contributed by atoms with Crippen LogP contribution in [0, 0.1) is 0 Å². The first-order chi connectivity index (χ1) is 25.7. The van der Waals surface area contributed by atoms with Gasteiger partial charge in [-0.1, -0.05) is 14.3 Å². The first-order valence-corrected chi connectivity index (χ1v) is 19.8. The third kappa shape index (κ3) is 8.29. The summed E-state index contributed by atoms with van der Waals surface area (Å²) in [7, 11) is -13.1. The number of anilines is 2. The van der Waals surface area contributed by atoms with Crippen LogP contribution in [0.15, 0.2) is 12.7 Å². The van der Waals surface area contributed by atoms with Gasteiger partial charge in [0.1, 0.15) is 43.2 Å². The molecule has 0 bridgehead atoms. The van der Waals surface area contributed by atoms with E-state index in [-0.39, 0.29) is 34.2 Å². The molecule has 6 heterocycles. The number of aryl methyl sites for hydroxylation is 2. The molecular formula is C24H32N10O18P3-3. The highest BCUT2D eigenvalue weighted by molar-refractivity contribution is 7.69. The molecule has 0 radical (unpaired) electrons. The molecule has 0 aliphatic carbocycles. The number of aromatic nitrogens is 8. The molecule has 0 saturated carbocycles. The minimum Gasteiger partial charge on any atom is -0.856 e. The van der Waals surface area contributed by atoms with E-state index in [4.69, 9.17) is 30.4 Å². The van der Waals surface area contributed by atoms with Crippen molar-refractivity contribution in [2.75, 3.05) is 38.9 Å². The van der Waals surface area contributed by atoms with Gasteiger partial charge in [0.15, 0.2) is 23.7 Å². The van der Waals surface area contributed by atoms with E-state index in [2.05, 4.69) is 37.6 Å². The van der Waals surface area contributed by atoms with E-state index in [0.717, 1.165) is 14.2 Å². The summed E-state index contributed by atoms with van der Waals surface area (Å²) in [5, 5.41) is 46.5. The van der Waals surface area contributed by atoms with Crippen molar-refractivity contribution < 1.29 is 95.2 Å². The Bertz CT molecular complexity index is 2110. The van der Waals surface area contributed by atoms with E-state index in [1.165, 1.54) is 45.0 Å². The van der Waals surface area contributed by atoms with Crippen LogP contribution >= 0.6 is 24.2 Å². The number of aliphatic hydroxyl groups excluding tert-OH is 2. The lowest BCUT2D eigenvalue weighted by atomic mass is 10.1. The fourth-order valence-corrected chi connectivity index (χ4v) is 9.60. The average molecular weight is 841 g/mol. The molecule has 9 atom stereocenters. The summed E-state index contributed by atoms with van der Waals surface area (Å²) in [6, 6.07) is 0. The highest BCUT2D eigenvalue weighted by Crippen LogP contribution is 2.66. The normalized spacial score (nSPS) is 27.4. The molecule has 4 aromatic rings. The van der Waals surface area contributed by atoms with Gasteiger partial charge in [0.05, 0.1) is 20.7 Å². The van der Waals surface area contributed by atoms with Crippen LogP contribution < -0.4 is 55.3 Å². The van der Waals surface area contributed by atoms with Gasteiger partial charge < -0.3 is 79.8 Å². The third-order valence-electron chi connectivity index (χ3n) is 8.40. The Hall–Kier alpha value is -3.21. The van der Waals surface area contributed by atoms with Gasteiger partial charge in [0, 0.05) is 26.0 Å². The van der Waals surface area contributed by atoms with Crippen LogP contribution in [-0.4, -0.2) is 103 Å². The van der Waals surface area contributed by atoms with Crippen molar-refractivity contribution in [2.45, 2.75) is 49.1 Å². The Morgan fingerprint density at radius 2 is 1.25 bits per heavy atom. The summed E-state index contributed by atoms with van der Waals surface area (Å²) >= 11 is 0. The maximum atomic E-state index is 12.5. The van der Waals surface area contributed by atoms with Gasteiger partial charge in [0.2, 0.25) is 12.5 Å². The maximum Gasteiger partial charge on any atom is 0.310 e. The highest BCUT2D eigenvalue weighted by Gasteiger charge is 2.51. The number of imidazole rings is 2. The smallest absolute Gasteiger partial charge is 0.310 e. The molecule has 2 aliphatic rings. The fraction of sp³-hybridized carbons (Fsp3) is 0.583. The number of methoxy groups -OCH3 is 2. The van der Waals surface area contributed by atoms with Gasteiger partial charge in [-0.2, -0.15) is 0 Å². The van der Waals surface area contributed by atoms with Crippen molar-refractivity contribution >= 4 is 58.4 Å². The third-order valence-corrected chi connectivity index (χ3v) is 12.5. The molecule has 55 heavy (non-hydrogen) atoms. The molecule has 0 aromatic carbocycles. The largest absolute Gasteiger partial charge is 0.856 e. The number of nitrogen functional groups attached to an aromatic ring is 2. The number of phosphoric acid groups is 3. The molecule has 304 valence electrons. The van der Waals surface area contributed by atoms with Crippen molar-refractivity contribution in [1.82, 2.24) is 29.1 Å². The number of rotatable bonds is 14. The van der Waals surface area contributed by atoms with E-state index >= 15 is 0 Å². The van der Waals surface area contributed by atoms with Gasteiger partial charge in [-0.15, -0.1) is 4.31 Å². The van der Waals surface area contributed by atoms with E-state index in [0.29, 0.717) is 0 Å². The number of hydrogen-bond donors (Lipinski definition) is 4. The SMILES string of the molecule is CO[C@H]1[C@@H](O)[C@H]([n+]2cn(C)c3c([O-])nc(N)nc32)O[C@@H]1COP(=O)([O-])O[P+]([O-])([O-])O[P+]([O-])([O-])OC[C@H]1O[C@@H]([n+]2cn(C)c3c([O-])nc(N)nc32)[C@H](O)[C@@H]1OC. The van der Waals surface area contributed by atoms with Crippen molar-refractivity contribution in [3.63, 3.8) is 0 Å². The highest BCUT2D eigenvalue weighted by atomic mass is 31.3. The standard InChI is InChI=1S/C24H35N10O18P3/c1-31-7-33(17-11(31)19(37)29-23(25)27-17)21-13(35)15(45-3)9(49-21)5-47-53(39,40)51-55(43,44)52-54(41,42)48-6-10-16(46-4)14(36)22(50-10)34-8-32(2)12-18(34)28-24(26)30-20(12)38/h7-10,13-16,21-22,35-36H,5-6H2,1-4H3,(H7-2,25,26,27,28,29,30,37,38,39,40,41,42,43,44)/p-3/t9-,10-,13-,14-,15-,16-,21-,22-/m1/s1. The number of nitrogens with two attached hydrogens (primary N) is 2. The molecule has 4 aromatic heterocycles. The monoisotopic (exact) mass is 841 g/mol. The second kappa shape index (κ2) is 15.3. The predicted molar refractivity (Wildman–Crippen MR) is 162 cm³/mol. The molecule has 6 rings (SSSR count). The molecule has 28 nitrogen and oxygen atoms in total. The zero-order chi connectivity index (χ0) is 40.4. The molecule has 31 heteroatoms. The van der Waals surface area contributed by atoms with E-state index < -0.39 is 98.2 Å². The first kappa shape index (κ1) is 41.4. The van der Waals surface area contributed by atoms with Crippen molar-refractivity contribution in [2.24, 2.45) is 14.1 Å². The molecule has 6 N–H and O–H groups in total. The summed E-state index contributed by atoms with van der Waals surface area (Å²) in [5.41, 5.74) is 11.1. The average Bonchev–Trinajstić information content (AvgIpc) is 3.77. The minimum atomic E-state index is -6.33. The van der Waals surface area contributed by atoms with Gasteiger partial charge in [0.25, 0.3) is 28.2 Å². The van der Waals surface area contributed by atoms with Crippen molar-refractivity contribution in [1.29, 1.82) is 0 Å². The number of ether oxygens (including phenoxy) is 4. The van der Waals surface area contributed by atoms with Gasteiger partial charge >= 0.3 is 19.1 Å². The molecule has 2 aliphatic heterocycles. The number of nitrogens with zero attached hydrogens (tertiary/aromatic N) is 8. The van der Waals surface area contributed by atoms with Gasteiger partial charge in [-0.3, -0.25) is 13.7 Å². The van der Waals surface area contributed by atoms with Crippen LogP contribution in [0.2, 0.25) is 0 Å². The predicted octanol–water partition coefficient (Wildman–Crippen LogP) is -8.29. The number of fused-ring (bicyclic) bond motifs is 2. The Morgan fingerprint density at radius 1 is 0.818 bits per heavy atom. The Morgan fingerprint density at radius 3 is 1.69 bits per heavy atom. The summed E-state index contributed by atoms with van der Waals surface area (Å²) < 4.78 is 56.4. The van der Waals surface area contributed by atoms with E-state index in [1.54, 1.807) is 0 Å². The molecule has 0 spiro atoms. The Balaban J connectivity index is 1.07. The molecular weight excluding hydrogens is 809 g/mol. The zero-order valence-corrected chi connectivity index (χ0v) is 31.4. The lowest BCUT2D eigenvalue weighted by Gasteiger charge is -2.39. The van der Waals surface area contributed by atoms with E-state index in [1.807, 2.05) is 0 Å². The lowest BCUT2D eigenvalue weighted by molar-refractivity contribution is -0.746. The van der Waals surface area contributed by atoms with E-state index in [9.17, 15) is 49.5 Å². The maximum absolute atomic E-state index is 12.5. The summed E-state index contributed by atoms with van der Waals surface area (Å²) in [6.45, 7) is -2.09. The quantitative estimate of drug-likeness (QED) is 0.0676. The van der Waals surface area contributed by atoms with Gasteiger partial charge in [-0.05, 0) is 0 Å². The summed E-state index contributed by atoms with van der Waals surface area (Å²) in [5.74, 6) is -2.24. The number of phosphoric ester groups is 2. The second-order valence-corrected chi connectivity index (χ2v) is 16.5.